The van der Waals surface area contributed by atoms with E-state index in [-0.39, 0.29) is 5.56 Å². The summed E-state index contributed by atoms with van der Waals surface area (Å²) in [6.45, 7) is 0. The maximum atomic E-state index is 13.1. The normalized spacial score (nSPS) is 13.9. The molecule has 0 radical (unpaired) electrons. The molecule has 0 aromatic heterocycles. The summed E-state index contributed by atoms with van der Waals surface area (Å²) in [5.74, 6) is -0.588. The Kier molecular flexibility index (Phi) is 4.56. The lowest BCUT2D eigenvalue weighted by molar-refractivity contribution is 0.554. The Morgan fingerprint density at radius 3 is 2.56 bits per heavy atom. The summed E-state index contributed by atoms with van der Waals surface area (Å²) in [4.78, 5) is 0. The second-order valence-electron chi connectivity index (χ2n) is 3.61. The van der Waals surface area contributed by atoms with Crippen molar-refractivity contribution in [2.24, 2.45) is 0 Å². The zero-order valence-corrected chi connectivity index (χ0v) is 11.5. The molecule has 0 saturated carbocycles. The Morgan fingerprint density at radius 2 is 2.11 bits per heavy atom. The number of nitrogens with zero attached hydrogens (tertiary/aromatic N) is 1. The van der Waals surface area contributed by atoms with Crippen LogP contribution in [0.2, 0.25) is 0 Å². The molecule has 1 rings (SSSR count). The quantitative estimate of drug-likeness (QED) is 0.866. The fourth-order valence-corrected chi connectivity index (χ4v) is 2.55. The van der Waals surface area contributed by atoms with Crippen LogP contribution < -0.4 is 4.72 Å². The van der Waals surface area contributed by atoms with Crippen molar-refractivity contribution in [1.29, 1.82) is 5.26 Å². The van der Waals surface area contributed by atoms with Crippen LogP contribution in [0.4, 0.5) is 4.39 Å². The van der Waals surface area contributed by atoms with Gasteiger partial charge < -0.3 is 0 Å². The topological polar surface area (TPSA) is 70.0 Å². The fourth-order valence-electron chi connectivity index (χ4n) is 1.32. The number of alkyl halides is 2. The number of hydrogen-bond donors (Lipinski definition) is 1. The van der Waals surface area contributed by atoms with Gasteiger partial charge in [0.15, 0.2) is 0 Å². The summed E-state index contributed by atoms with van der Waals surface area (Å²) >= 11 is 11.5. The van der Waals surface area contributed by atoms with Crippen LogP contribution in [0.5, 0.6) is 0 Å². The zero-order valence-electron chi connectivity index (χ0n) is 9.19. The Bertz CT molecular complexity index is 584. The number of hydrogen-bond acceptors (Lipinski definition) is 3. The lowest BCUT2D eigenvalue weighted by Crippen LogP contribution is -2.38. The Hall–Kier alpha value is -0.870. The largest absolute Gasteiger partial charge is 0.223 e. The minimum absolute atomic E-state index is 0.159. The lowest BCUT2D eigenvalue weighted by Gasteiger charge is -2.24. The molecular weight excluding hydrogens is 302 g/mol. The van der Waals surface area contributed by atoms with E-state index in [9.17, 15) is 12.8 Å². The second-order valence-corrected chi connectivity index (χ2v) is 6.78. The molecule has 8 heteroatoms. The molecule has 1 aromatic rings. The van der Waals surface area contributed by atoms with Crippen molar-refractivity contribution < 1.29 is 12.8 Å². The first-order valence-electron chi connectivity index (χ1n) is 4.67. The van der Waals surface area contributed by atoms with Gasteiger partial charge in [-0.1, -0.05) is 35.3 Å². The summed E-state index contributed by atoms with van der Waals surface area (Å²) in [5.41, 5.74) is 0.159. The van der Waals surface area contributed by atoms with E-state index in [1.807, 2.05) is 0 Å². The molecule has 0 aliphatic heterocycles. The maximum absolute atomic E-state index is 13.1. The molecule has 1 atom stereocenters. The van der Waals surface area contributed by atoms with Crippen molar-refractivity contribution in [3.05, 3.63) is 35.6 Å². The van der Waals surface area contributed by atoms with Crippen molar-refractivity contribution in [3.63, 3.8) is 0 Å². The van der Waals surface area contributed by atoms with Crippen LogP contribution in [0.15, 0.2) is 24.3 Å². The van der Waals surface area contributed by atoms with Crippen LogP contribution in [0, 0.1) is 17.1 Å². The van der Waals surface area contributed by atoms with Crippen molar-refractivity contribution >= 4 is 33.2 Å². The molecule has 0 amide bonds. The van der Waals surface area contributed by atoms with Crippen molar-refractivity contribution in [1.82, 2.24) is 4.72 Å². The third-order valence-corrected chi connectivity index (χ3v) is 3.29. The van der Waals surface area contributed by atoms with Gasteiger partial charge in [-0.15, -0.1) is 0 Å². The van der Waals surface area contributed by atoms with Crippen LogP contribution in [-0.4, -0.2) is 19.0 Å². The Balaban J connectivity index is 3.26. The number of nitriles is 1. The minimum Gasteiger partial charge on any atom is -0.213 e. The number of sulfonamides is 1. The summed E-state index contributed by atoms with van der Waals surface area (Å²) in [6.07, 6.45) is 0.889. The van der Waals surface area contributed by atoms with Crippen molar-refractivity contribution in [2.45, 2.75) is 10.4 Å². The van der Waals surface area contributed by atoms with E-state index in [4.69, 9.17) is 28.5 Å². The number of halogens is 3. The minimum atomic E-state index is -3.67. The van der Waals surface area contributed by atoms with Crippen LogP contribution in [-0.2, 0) is 10.0 Å². The van der Waals surface area contributed by atoms with E-state index in [1.54, 1.807) is 6.07 Å². The number of nitrogens with one attached hydrogen (secondary N) is 1. The van der Waals surface area contributed by atoms with Crippen LogP contribution in [0.1, 0.15) is 11.6 Å². The first-order chi connectivity index (χ1) is 8.15. The van der Waals surface area contributed by atoms with E-state index in [2.05, 4.69) is 4.72 Å². The van der Waals surface area contributed by atoms with E-state index in [0.29, 0.717) is 0 Å². The van der Waals surface area contributed by atoms with E-state index < -0.39 is 26.2 Å². The summed E-state index contributed by atoms with van der Waals surface area (Å²) in [7, 11) is -3.67. The van der Waals surface area contributed by atoms with Gasteiger partial charge in [-0.25, -0.2) is 17.5 Å². The average Bonchev–Trinajstić information content (AvgIpc) is 2.24. The molecule has 0 fully saturated rings. The van der Waals surface area contributed by atoms with Gasteiger partial charge in [-0.3, -0.25) is 0 Å². The van der Waals surface area contributed by atoms with Gasteiger partial charge in [0.05, 0.1) is 12.3 Å². The molecule has 18 heavy (non-hydrogen) atoms. The molecule has 0 aliphatic rings. The zero-order chi connectivity index (χ0) is 14.0. The second kappa shape index (κ2) is 5.41. The molecule has 1 N–H and O–H groups in total. The SMILES string of the molecule is CS(=O)(=O)N[C@@H](c1cccc(F)c1)C(Cl)(Cl)C#N. The fraction of sp³-hybridized carbons (Fsp3) is 0.300. The molecule has 1 aromatic carbocycles. The summed E-state index contributed by atoms with van der Waals surface area (Å²) < 4.78 is 35.6. The molecule has 0 heterocycles. The third-order valence-electron chi connectivity index (χ3n) is 2.03. The molecule has 0 unspecified atom stereocenters. The predicted octanol–water partition coefficient (Wildman–Crippen LogP) is 2.11. The van der Waals surface area contributed by atoms with Crippen LogP contribution in [0.3, 0.4) is 0 Å². The molecule has 0 saturated heterocycles. The molecule has 0 spiro atoms. The molecular formula is C10H9Cl2FN2O2S. The van der Waals surface area contributed by atoms with E-state index in [1.165, 1.54) is 18.2 Å². The Morgan fingerprint density at radius 1 is 1.50 bits per heavy atom. The van der Waals surface area contributed by atoms with E-state index >= 15 is 0 Å². The van der Waals surface area contributed by atoms with Crippen molar-refractivity contribution in [3.8, 4) is 6.07 Å². The molecule has 0 bridgehead atoms. The Labute approximate surface area is 114 Å². The average molecular weight is 311 g/mol. The highest BCUT2D eigenvalue weighted by Gasteiger charge is 2.38. The molecule has 0 aliphatic carbocycles. The molecule has 98 valence electrons. The van der Waals surface area contributed by atoms with E-state index in [0.717, 1.165) is 12.3 Å². The molecule has 4 nitrogen and oxygen atoms in total. The maximum Gasteiger partial charge on any atom is 0.223 e. The first kappa shape index (κ1) is 15.2. The van der Waals surface area contributed by atoms with Gasteiger partial charge in [0.25, 0.3) is 0 Å². The highest BCUT2D eigenvalue weighted by Crippen LogP contribution is 2.36. The third kappa shape index (κ3) is 4.10. The summed E-state index contributed by atoms with van der Waals surface area (Å²) in [5, 5.41) is 8.85. The monoisotopic (exact) mass is 310 g/mol. The van der Waals surface area contributed by atoms with Gasteiger partial charge in [0.1, 0.15) is 11.9 Å². The van der Waals surface area contributed by atoms with Gasteiger partial charge in [0.2, 0.25) is 14.4 Å². The summed E-state index contributed by atoms with van der Waals surface area (Å²) in [6, 6.07) is 5.31. The predicted molar refractivity (Wildman–Crippen MR) is 67.2 cm³/mol. The first-order valence-corrected chi connectivity index (χ1v) is 7.32. The highest BCUT2D eigenvalue weighted by atomic mass is 35.5. The van der Waals surface area contributed by atoms with Gasteiger partial charge in [0, 0.05) is 0 Å². The van der Waals surface area contributed by atoms with Gasteiger partial charge >= 0.3 is 0 Å². The lowest BCUT2D eigenvalue weighted by atomic mass is 10.0. The smallest absolute Gasteiger partial charge is 0.213 e. The highest BCUT2D eigenvalue weighted by molar-refractivity contribution is 7.88. The van der Waals surface area contributed by atoms with Crippen molar-refractivity contribution in [2.75, 3.05) is 6.26 Å². The van der Waals surface area contributed by atoms with Gasteiger partial charge in [-0.2, -0.15) is 5.26 Å². The standard InChI is InChI=1S/C10H9Cl2FN2O2S/c1-18(16,17)15-9(10(11,12)6-14)7-3-2-4-8(13)5-7/h2-5,9,15H,1H3/t9-/m0/s1. The number of benzene rings is 1. The number of rotatable bonds is 4. The van der Waals surface area contributed by atoms with Crippen LogP contribution >= 0.6 is 23.2 Å². The van der Waals surface area contributed by atoms with Gasteiger partial charge in [-0.05, 0) is 17.7 Å². The van der Waals surface area contributed by atoms with Crippen LogP contribution in [0.25, 0.3) is 0 Å².